The average Bonchev–Trinajstić information content (AvgIpc) is 3.12. The molecule has 0 aliphatic carbocycles. The molecule has 0 radical (unpaired) electrons. The molecule has 0 aliphatic rings. The van der Waals surface area contributed by atoms with Crippen LogP contribution in [-0.4, -0.2) is 33.7 Å². The largest absolute Gasteiger partial charge is 0.510 e. The highest BCUT2D eigenvalue weighted by Gasteiger charge is 2.23. The van der Waals surface area contributed by atoms with Crippen LogP contribution in [0.25, 0.3) is 5.57 Å². The monoisotopic (exact) mass is 434 g/mol. The van der Waals surface area contributed by atoms with E-state index in [1.165, 1.54) is 0 Å². The third-order valence-electron chi connectivity index (χ3n) is 3.03. The summed E-state index contributed by atoms with van der Waals surface area (Å²) in [6.45, 7) is 1.84. The van der Waals surface area contributed by atoms with Crippen LogP contribution in [0.15, 0.2) is 46.6 Å². The number of nitrogens with one attached hydrogen (secondary N) is 1. The molecule has 0 bridgehead atoms. The zero-order chi connectivity index (χ0) is 18.9. The number of anilines is 1. The third-order valence-corrected chi connectivity index (χ3v) is 4.42. The van der Waals surface area contributed by atoms with Crippen molar-refractivity contribution >= 4 is 50.2 Å². The van der Waals surface area contributed by atoms with Crippen LogP contribution in [-0.2, 0) is 9.53 Å². The molecule has 0 saturated carbocycles. The fourth-order valence-electron chi connectivity index (χ4n) is 1.87. The first kappa shape index (κ1) is 19.6. The summed E-state index contributed by atoms with van der Waals surface area (Å²) in [5.41, 5.74) is 3.81. The minimum Gasteiger partial charge on any atom is -0.510 e. The number of benzene rings is 1. The van der Waals surface area contributed by atoms with Crippen molar-refractivity contribution in [1.29, 1.82) is 5.26 Å². The highest BCUT2D eigenvalue weighted by Crippen LogP contribution is 2.24. The normalized spacial score (nSPS) is 12.1. The summed E-state index contributed by atoms with van der Waals surface area (Å²) >= 11 is 4.22. The zero-order valence-corrected chi connectivity index (χ0v) is 16.2. The summed E-state index contributed by atoms with van der Waals surface area (Å²) < 4.78 is 4.96. The summed E-state index contributed by atoms with van der Waals surface area (Å²) in [5, 5.41) is 25.3. The number of aliphatic hydroxyl groups is 1. The van der Waals surface area contributed by atoms with Gasteiger partial charge >= 0.3 is 5.97 Å². The molecule has 1 aromatic carbocycles. The maximum absolute atomic E-state index is 12.1. The molecule has 2 rings (SSSR count). The number of nitrogens with zero attached hydrogens (tertiary/aromatic N) is 3. The Morgan fingerprint density at radius 3 is 2.81 bits per heavy atom. The molecule has 0 spiro atoms. The number of carbonyl (C=O) groups excluding carboxylic acids is 1. The number of hydrogen-bond acceptors (Lipinski definition) is 8. The van der Waals surface area contributed by atoms with E-state index in [1.807, 2.05) is 24.3 Å². The number of nitriles is 1. The average molecular weight is 435 g/mol. The van der Waals surface area contributed by atoms with Crippen molar-refractivity contribution in [2.24, 2.45) is 5.10 Å². The van der Waals surface area contributed by atoms with Gasteiger partial charge in [-0.05, 0) is 19.1 Å². The van der Waals surface area contributed by atoms with Gasteiger partial charge in [0, 0.05) is 5.38 Å². The second-order valence-electron chi connectivity index (χ2n) is 4.76. The van der Waals surface area contributed by atoms with Gasteiger partial charge in [-0.25, -0.2) is 9.78 Å². The molecule has 2 N–H and O–H groups in total. The van der Waals surface area contributed by atoms with Gasteiger partial charge in [0.15, 0.2) is 5.71 Å². The van der Waals surface area contributed by atoms with Crippen molar-refractivity contribution in [2.45, 2.75) is 6.92 Å². The Balaban J connectivity index is 2.31. The summed E-state index contributed by atoms with van der Waals surface area (Å²) in [6, 6.07) is 11.1. The first-order chi connectivity index (χ1) is 12.6. The van der Waals surface area contributed by atoms with Crippen LogP contribution < -0.4 is 5.43 Å². The molecule has 134 valence electrons. The molecule has 9 heteroatoms. The van der Waals surface area contributed by atoms with Gasteiger partial charge in [-0.2, -0.15) is 10.4 Å². The second-order valence-corrected chi connectivity index (χ2v) is 6.18. The molecule has 0 unspecified atom stereocenters. The second kappa shape index (κ2) is 9.70. The van der Waals surface area contributed by atoms with E-state index in [9.17, 15) is 15.2 Å². The maximum atomic E-state index is 12.1. The number of allylic oxidation sites excluding steroid dienone is 1. The van der Waals surface area contributed by atoms with Crippen LogP contribution in [0.3, 0.4) is 0 Å². The van der Waals surface area contributed by atoms with E-state index in [0.717, 1.165) is 17.0 Å². The summed E-state index contributed by atoms with van der Waals surface area (Å²) in [6.07, 6.45) is 0. The van der Waals surface area contributed by atoms with Crippen molar-refractivity contribution in [3.8, 4) is 6.07 Å². The van der Waals surface area contributed by atoms with E-state index in [0.29, 0.717) is 5.69 Å². The number of rotatable bonds is 7. The minimum atomic E-state index is -0.678. The smallest absolute Gasteiger partial charge is 0.344 e. The van der Waals surface area contributed by atoms with E-state index in [4.69, 9.17) is 4.74 Å². The van der Waals surface area contributed by atoms with Crippen LogP contribution in [0.2, 0.25) is 0 Å². The van der Waals surface area contributed by atoms with Crippen LogP contribution >= 0.6 is 27.3 Å². The number of thiazole rings is 1. The lowest BCUT2D eigenvalue weighted by Gasteiger charge is -2.06. The number of alkyl halides is 1. The van der Waals surface area contributed by atoms with Gasteiger partial charge in [-0.15, -0.1) is 11.3 Å². The number of hydrogen-bond donors (Lipinski definition) is 2. The van der Waals surface area contributed by atoms with E-state index < -0.39 is 5.97 Å². The van der Waals surface area contributed by atoms with Crippen LogP contribution in [0.5, 0.6) is 0 Å². The van der Waals surface area contributed by atoms with Gasteiger partial charge in [0.2, 0.25) is 0 Å². The molecule has 1 heterocycles. The lowest BCUT2D eigenvalue weighted by molar-refractivity contribution is -0.136. The highest BCUT2D eigenvalue weighted by atomic mass is 79.9. The zero-order valence-electron chi connectivity index (χ0n) is 13.8. The fourth-order valence-corrected chi connectivity index (χ4v) is 3.01. The number of aliphatic hydroxyl groups excluding tert-OH is 1. The van der Waals surface area contributed by atoms with Gasteiger partial charge in [-0.1, -0.05) is 34.1 Å². The SMILES string of the molecule is CCOC(=O)/C(=C(/O)CBr)c1nc(/C(C#N)=N/Nc2ccccc2)cs1. The molecule has 2 aromatic rings. The molecule has 7 nitrogen and oxygen atoms in total. The van der Waals surface area contributed by atoms with Crippen molar-refractivity contribution < 1.29 is 14.6 Å². The van der Waals surface area contributed by atoms with Crippen LogP contribution in [0, 0.1) is 11.3 Å². The summed E-state index contributed by atoms with van der Waals surface area (Å²) in [4.78, 5) is 16.4. The Labute approximate surface area is 162 Å². The number of carbonyl (C=O) groups is 1. The van der Waals surface area contributed by atoms with Crippen LogP contribution in [0.4, 0.5) is 5.69 Å². The van der Waals surface area contributed by atoms with E-state index >= 15 is 0 Å². The Morgan fingerprint density at radius 2 is 2.19 bits per heavy atom. The molecule has 1 aromatic heterocycles. The molecule has 26 heavy (non-hydrogen) atoms. The fraction of sp³-hybridized carbons (Fsp3) is 0.176. The Kier molecular flexibility index (Phi) is 7.32. The number of ether oxygens (including phenoxy) is 1. The number of esters is 1. The Morgan fingerprint density at radius 1 is 1.46 bits per heavy atom. The lowest BCUT2D eigenvalue weighted by atomic mass is 10.2. The minimum absolute atomic E-state index is 0.0340. The highest BCUT2D eigenvalue weighted by molar-refractivity contribution is 9.09. The van der Waals surface area contributed by atoms with Gasteiger partial charge in [-0.3, -0.25) is 5.43 Å². The standard InChI is InChI=1S/C17H15BrN4O3S/c1-2-25-17(24)15(14(23)8-18)16-20-13(10-26-16)12(9-19)22-21-11-6-4-3-5-7-11/h3-7,10,21,23H,2,8H2,1H3/b15-14+,22-12+. The molecule has 0 aliphatic heterocycles. The summed E-state index contributed by atoms with van der Waals surface area (Å²) in [5.74, 6) is -0.870. The van der Waals surface area contributed by atoms with Crippen molar-refractivity contribution in [3.63, 3.8) is 0 Å². The molecule has 0 amide bonds. The number of para-hydroxylation sites is 1. The predicted octanol–water partition coefficient (Wildman–Crippen LogP) is 3.71. The van der Waals surface area contributed by atoms with Crippen molar-refractivity contribution in [3.05, 3.63) is 52.2 Å². The molecular formula is C17H15BrN4O3S. The predicted molar refractivity (Wildman–Crippen MR) is 104 cm³/mol. The first-order valence-corrected chi connectivity index (χ1v) is 9.51. The number of aromatic nitrogens is 1. The number of halogens is 1. The number of hydrazone groups is 1. The molecule has 0 atom stereocenters. The first-order valence-electron chi connectivity index (χ1n) is 7.51. The van der Waals surface area contributed by atoms with Gasteiger partial charge < -0.3 is 9.84 Å². The van der Waals surface area contributed by atoms with Crippen LogP contribution in [0.1, 0.15) is 17.6 Å². The van der Waals surface area contributed by atoms with E-state index in [-0.39, 0.29) is 34.0 Å². The maximum Gasteiger partial charge on any atom is 0.344 e. The Hall–Kier alpha value is -2.70. The van der Waals surface area contributed by atoms with Gasteiger partial charge in [0.25, 0.3) is 0 Å². The van der Waals surface area contributed by atoms with Crippen molar-refractivity contribution in [1.82, 2.24) is 4.98 Å². The van der Waals surface area contributed by atoms with Crippen molar-refractivity contribution in [2.75, 3.05) is 17.4 Å². The molecule has 0 saturated heterocycles. The Bertz CT molecular complexity index is 872. The third kappa shape index (κ3) is 4.91. The topological polar surface area (TPSA) is 108 Å². The van der Waals surface area contributed by atoms with E-state index in [1.54, 1.807) is 24.4 Å². The quantitative estimate of drug-likeness (QED) is 0.172. The summed E-state index contributed by atoms with van der Waals surface area (Å²) in [7, 11) is 0. The lowest BCUT2D eigenvalue weighted by Crippen LogP contribution is -2.10. The molecular weight excluding hydrogens is 420 g/mol. The van der Waals surface area contributed by atoms with E-state index in [2.05, 4.69) is 31.4 Å². The molecule has 0 fully saturated rings. The van der Waals surface area contributed by atoms with Gasteiger partial charge in [0.1, 0.15) is 28.1 Å². The van der Waals surface area contributed by atoms with Gasteiger partial charge in [0.05, 0.1) is 17.6 Å².